The van der Waals surface area contributed by atoms with Gasteiger partial charge >= 0.3 is 0 Å². The molecule has 23 heavy (non-hydrogen) atoms. The van der Waals surface area contributed by atoms with Crippen LogP contribution in [0.2, 0.25) is 0 Å². The van der Waals surface area contributed by atoms with Gasteiger partial charge in [0.1, 0.15) is 11.5 Å². The number of aromatic hydroxyl groups is 2. The Kier molecular flexibility index (Phi) is 3.70. The summed E-state index contributed by atoms with van der Waals surface area (Å²) in [5, 5.41) is 19.8. The number of phenolic OH excluding ortho intramolecular Hbond substituents is 2. The fourth-order valence-electron chi connectivity index (χ4n) is 2.43. The van der Waals surface area contributed by atoms with Gasteiger partial charge in [-0.25, -0.2) is 0 Å². The fraction of sp³-hybridized carbons (Fsp3) is 0.167. The van der Waals surface area contributed by atoms with Crippen molar-refractivity contribution in [2.24, 2.45) is 0 Å². The number of allylic oxidation sites excluding steroid dienone is 1. The van der Waals surface area contributed by atoms with Crippen LogP contribution >= 0.6 is 0 Å². The number of phenols is 2. The van der Waals surface area contributed by atoms with Gasteiger partial charge in [-0.1, -0.05) is 12.1 Å². The minimum atomic E-state index is -0.341. The fourth-order valence-corrected chi connectivity index (χ4v) is 2.43. The van der Waals surface area contributed by atoms with E-state index in [0.717, 1.165) is 5.56 Å². The summed E-state index contributed by atoms with van der Waals surface area (Å²) in [6.45, 7) is 3.44. The van der Waals surface area contributed by atoms with Crippen LogP contribution in [-0.2, 0) is 0 Å². The first kappa shape index (κ1) is 15.0. The normalized spacial score (nSPS) is 12.8. The number of aryl methyl sites for hydroxylation is 1. The molecule has 0 fully saturated rings. The van der Waals surface area contributed by atoms with Gasteiger partial charge in [0.05, 0.1) is 5.56 Å². The van der Waals surface area contributed by atoms with Gasteiger partial charge in [0.2, 0.25) is 6.79 Å². The summed E-state index contributed by atoms with van der Waals surface area (Å²) >= 11 is 0. The summed E-state index contributed by atoms with van der Waals surface area (Å²) in [5.74, 6) is 0.772. The smallest absolute Gasteiger partial charge is 0.231 e. The molecule has 0 unspecified atom stereocenters. The van der Waals surface area contributed by atoms with E-state index in [0.29, 0.717) is 22.6 Å². The number of benzene rings is 2. The van der Waals surface area contributed by atoms with E-state index < -0.39 is 0 Å². The van der Waals surface area contributed by atoms with Crippen molar-refractivity contribution < 1.29 is 24.5 Å². The van der Waals surface area contributed by atoms with Crippen LogP contribution < -0.4 is 9.47 Å². The van der Waals surface area contributed by atoms with Crippen molar-refractivity contribution in [3.63, 3.8) is 0 Å². The Morgan fingerprint density at radius 2 is 1.83 bits per heavy atom. The molecule has 5 heteroatoms. The molecule has 0 spiro atoms. The summed E-state index contributed by atoms with van der Waals surface area (Å²) in [6, 6.07) is 6.84. The Bertz CT molecular complexity index is 821. The van der Waals surface area contributed by atoms with Crippen molar-refractivity contribution in [2.45, 2.75) is 13.8 Å². The summed E-state index contributed by atoms with van der Waals surface area (Å²) < 4.78 is 10.5. The van der Waals surface area contributed by atoms with E-state index in [1.807, 2.05) is 6.07 Å². The van der Waals surface area contributed by atoms with Crippen LogP contribution in [0.3, 0.4) is 0 Å². The van der Waals surface area contributed by atoms with Gasteiger partial charge < -0.3 is 19.7 Å². The molecule has 0 saturated carbocycles. The molecule has 1 aliphatic heterocycles. The molecular formula is C18H16O5. The second-order valence-corrected chi connectivity index (χ2v) is 5.37. The van der Waals surface area contributed by atoms with Gasteiger partial charge in [-0.2, -0.15) is 0 Å². The van der Waals surface area contributed by atoms with Crippen molar-refractivity contribution >= 4 is 11.9 Å². The van der Waals surface area contributed by atoms with Crippen molar-refractivity contribution in [3.8, 4) is 23.0 Å². The predicted molar refractivity (Wildman–Crippen MR) is 85.2 cm³/mol. The van der Waals surface area contributed by atoms with Crippen molar-refractivity contribution in [1.29, 1.82) is 0 Å². The van der Waals surface area contributed by atoms with Gasteiger partial charge in [-0.3, -0.25) is 4.79 Å². The number of carbonyl (C=O) groups is 1. The third-order valence-electron chi connectivity index (χ3n) is 3.79. The van der Waals surface area contributed by atoms with Crippen molar-refractivity contribution in [1.82, 2.24) is 0 Å². The Balaban J connectivity index is 1.87. The molecule has 1 heterocycles. The first-order valence-electron chi connectivity index (χ1n) is 7.11. The van der Waals surface area contributed by atoms with Gasteiger partial charge in [-0.15, -0.1) is 0 Å². The number of ether oxygens (including phenoxy) is 2. The number of ketones is 1. The van der Waals surface area contributed by atoms with E-state index in [-0.39, 0.29) is 29.6 Å². The minimum Gasteiger partial charge on any atom is -0.507 e. The highest BCUT2D eigenvalue weighted by Crippen LogP contribution is 2.34. The number of carbonyl (C=O) groups excluding carboxylic acids is 1. The maximum Gasteiger partial charge on any atom is 0.231 e. The Morgan fingerprint density at radius 3 is 2.61 bits per heavy atom. The van der Waals surface area contributed by atoms with Gasteiger partial charge in [-0.05, 0) is 49.2 Å². The van der Waals surface area contributed by atoms with Crippen LogP contribution in [0.25, 0.3) is 6.08 Å². The lowest BCUT2D eigenvalue weighted by molar-refractivity contribution is 0.104. The average Bonchev–Trinajstić information content (AvgIpc) is 3.01. The molecule has 2 aromatic rings. The first-order chi connectivity index (χ1) is 11.0. The Hall–Kier alpha value is -2.95. The lowest BCUT2D eigenvalue weighted by Crippen LogP contribution is -1.98. The molecule has 2 aromatic carbocycles. The minimum absolute atomic E-state index is 0.00111. The summed E-state index contributed by atoms with van der Waals surface area (Å²) in [6.07, 6.45) is 3.02. The van der Waals surface area contributed by atoms with Gasteiger partial charge in [0, 0.05) is 5.56 Å². The van der Waals surface area contributed by atoms with E-state index in [2.05, 4.69) is 0 Å². The predicted octanol–water partition coefficient (Wildman–Crippen LogP) is 3.34. The quantitative estimate of drug-likeness (QED) is 0.671. The number of hydrogen-bond donors (Lipinski definition) is 2. The summed E-state index contributed by atoms with van der Waals surface area (Å²) in [4.78, 5) is 12.3. The zero-order chi connectivity index (χ0) is 16.6. The van der Waals surface area contributed by atoms with Crippen LogP contribution in [0, 0.1) is 13.8 Å². The molecule has 0 amide bonds. The molecule has 0 aliphatic carbocycles. The number of rotatable bonds is 3. The third kappa shape index (κ3) is 2.73. The maximum absolute atomic E-state index is 12.3. The second kappa shape index (κ2) is 5.68. The second-order valence-electron chi connectivity index (χ2n) is 5.37. The molecule has 0 atom stereocenters. The maximum atomic E-state index is 12.3. The monoisotopic (exact) mass is 312 g/mol. The van der Waals surface area contributed by atoms with E-state index in [9.17, 15) is 15.0 Å². The summed E-state index contributed by atoms with van der Waals surface area (Å²) in [7, 11) is 0. The van der Waals surface area contributed by atoms with E-state index in [1.54, 1.807) is 32.1 Å². The van der Waals surface area contributed by atoms with Crippen LogP contribution in [0.15, 0.2) is 30.3 Å². The zero-order valence-corrected chi connectivity index (χ0v) is 12.8. The molecule has 0 radical (unpaired) electrons. The number of fused-ring (bicyclic) bond motifs is 1. The zero-order valence-electron chi connectivity index (χ0n) is 12.8. The Labute approximate surface area is 133 Å². The molecule has 2 N–H and O–H groups in total. The topological polar surface area (TPSA) is 76.0 Å². The standard InChI is InChI=1S/C18H16O5/c1-10-7-13(18(21)11(2)17(10)20)14(19)5-3-12-4-6-15-16(8-12)23-9-22-15/h3-8,20-21H,9H2,1-2H3/b5-3+. The molecule has 118 valence electrons. The van der Waals surface area contributed by atoms with E-state index >= 15 is 0 Å². The van der Waals surface area contributed by atoms with E-state index in [4.69, 9.17) is 9.47 Å². The Morgan fingerprint density at radius 1 is 1.09 bits per heavy atom. The van der Waals surface area contributed by atoms with Crippen LogP contribution in [0.4, 0.5) is 0 Å². The largest absolute Gasteiger partial charge is 0.507 e. The molecule has 0 bridgehead atoms. The molecule has 3 rings (SSSR count). The molecule has 5 nitrogen and oxygen atoms in total. The number of hydrogen-bond acceptors (Lipinski definition) is 5. The SMILES string of the molecule is Cc1cc(C(=O)/C=C/c2ccc3c(c2)OCO3)c(O)c(C)c1O. The van der Waals surface area contributed by atoms with Gasteiger partial charge in [0.15, 0.2) is 17.3 Å². The molecular weight excluding hydrogens is 296 g/mol. The highest BCUT2D eigenvalue weighted by Gasteiger charge is 2.16. The highest BCUT2D eigenvalue weighted by atomic mass is 16.7. The van der Waals surface area contributed by atoms with Crippen LogP contribution in [-0.4, -0.2) is 22.8 Å². The molecule has 1 aliphatic rings. The summed E-state index contributed by atoms with van der Waals surface area (Å²) in [5.41, 5.74) is 1.79. The lowest BCUT2D eigenvalue weighted by atomic mass is 10.0. The van der Waals surface area contributed by atoms with Gasteiger partial charge in [0.25, 0.3) is 0 Å². The average molecular weight is 312 g/mol. The van der Waals surface area contributed by atoms with Crippen molar-refractivity contribution in [3.05, 3.63) is 52.6 Å². The lowest BCUT2D eigenvalue weighted by Gasteiger charge is -2.09. The highest BCUT2D eigenvalue weighted by molar-refractivity contribution is 6.09. The molecule has 0 saturated heterocycles. The first-order valence-corrected chi connectivity index (χ1v) is 7.11. The van der Waals surface area contributed by atoms with Crippen LogP contribution in [0.5, 0.6) is 23.0 Å². The van der Waals surface area contributed by atoms with Crippen LogP contribution in [0.1, 0.15) is 27.0 Å². The molecule has 0 aromatic heterocycles. The van der Waals surface area contributed by atoms with Crippen molar-refractivity contribution in [2.75, 3.05) is 6.79 Å². The van der Waals surface area contributed by atoms with E-state index in [1.165, 1.54) is 12.1 Å². The third-order valence-corrected chi connectivity index (χ3v) is 3.79.